The lowest BCUT2D eigenvalue weighted by molar-refractivity contribution is 0.0946. The molecule has 0 aliphatic rings. The number of pyridine rings is 1. The van der Waals surface area contributed by atoms with Crippen molar-refractivity contribution >= 4 is 29.1 Å². The molecule has 142 valence electrons. The molecule has 0 unspecified atom stereocenters. The summed E-state index contributed by atoms with van der Waals surface area (Å²) >= 11 is 5.99. The molecule has 0 aliphatic heterocycles. The number of nitrogens with zero attached hydrogens (tertiary/aromatic N) is 1. The SMILES string of the molecule is COc1ccc(Cl)cc1NC(=O)c1ccnc(C(=O)NCc2ccccc2)c1. The molecule has 0 aliphatic carbocycles. The van der Waals surface area contributed by atoms with Crippen LogP contribution in [0.4, 0.5) is 5.69 Å². The van der Waals surface area contributed by atoms with Crippen LogP contribution < -0.4 is 15.4 Å². The van der Waals surface area contributed by atoms with Gasteiger partial charge in [-0.15, -0.1) is 0 Å². The van der Waals surface area contributed by atoms with Crippen molar-refractivity contribution < 1.29 is 14.3 Å². The van der Waals surface area contributed by atoms with Crippen molar-refractivity contribution in [3.05, 3.63) is 88.7 Å². The Morgan fingerprint density at radius 2 is 1.82 bits per heavy atom. The second kappa shape index (κ2) is 9.01. The average Bonchev–Trinajstić information content (AvgIpc) is 2.73. The Bertz CT molecular complexity index is 993. The average molecular weight is 396 g/mol. The van der Waals surface area contributed by atoms with Crippen molar-refractivity contribution in [2.24, 2.45) is 0 Å². The van der Waals surface area contributed by atoms with Crippen LogP contribution >= 0.6 is 11.6 Å². The maximum absolute atomic E-state index is 12.6. The summed E-state index contributed by atoms with van der Waals surface area (Å²) in [6, 6.07) is 17.4. The quantitative estimate of drug-likeness (QED) is 0.662. The van der Waals surface area contributed by atoms with E-state index in [0.717, 1.165) is 5.56 Å². The van der Waals surface area contributed by atoms with E-state index < -0.39 is 5.91 Å². The van der Waals surface area contributed by atoms with E-state index in [2.05, 4.69) is 15.6 Å². The molecule has 2 aromatic carbocycles. The summed E-state index contributed by atoms with van der Waals surface area (Å²) in [5.41, 5.74) is 1.85. The number of aromatic nitrogens is 1. The lowest BCUT2D eigenvalue weighted by Crippen LogP contribution is -2.24. The highest BCUT2D eigenvalue weighted by molar-refractivity contribution is 6.31. The molecule has 2 amide bonds. The van der Waals surface area contributed by atoms with Crippen LogP contribution in [0, 0.1) is 0 Å². The molecule has 28 heavy (non-hydrogen) atoms. The number of benzene rings is 2. The normalized spacial score (nSPS) is 10.2. The molecule has 0 spiro atoms. The molecule has 0 saturated carbocycles. The van der Waals surface area contributed by atoms with Gasteiger partial charge in [-0.3, -0.25) is 14.6 Å². The first-order chi connectivity index (χ1) is 13.6. The van der Waals surface area contributed by atoms with E-state index in [1.165, 1.54) is 25.4 Å². The molecule has 3 aromatic rings. The zero-order chi connectivity index (χ0) is 19.9. The van der Waals surface area contributed by atoms with Gasteiger partial charge in [0.05, 0.1) is 12.8 Å². The van der Waals surface area contributed by atoms with Gasteiger partial charge in [0, 0.05) is 23.3 Å². The summed E-state index contributed by atoms with van der Waals surface area (Å²) < 4.78 is 5.22. The van der Waals surface area contributed by atoms with Crippen molar-refractivity contribution in [1.29, 1.82) is 0 Å². The number of halogens is 1. The lowest BCUT2D eigenvalue weighted by atomic mass is 10.2. The molecule has 7 heteroatoms. The Morgan fingerprint density at radius 3 is 2.57 bits per heavy atom. The first-order valence-electron chi connectivity index (χ1n) is 8.50. The highest BCUT2D eigenvalue weighted by Crippen LogP contribution is 2.28. The van der Waals surface area contributed by atoms with Crippen molar-refractivity contribution in [2.45, 2.75) is 6.54 Å². The van der Waals surface area contributed by atoms with Gasteiger partial charge in [-0.1, -0.05) is 41.9 Å². The summed E-state index contributed by atoms with van der Waals surface area (Å²) in [7, 11) is 1.50. The molecular formula is C21H18ClN3O3. The summed E-state index contributed by atoms with van der Waals surface area (Å²) in [5.74, 6) is -0.286. The van der Waals surface area contributed by atoms with Crippen LogP contribution in [0.15, 0.2) is 66.9 Å². The number of hydrogen-bond donors (Lipinski definition) is 2. The molecule has 6 nitrogen and oxygen atoms in total. The van der Waals surface area contributed by atoms with Crippen LogP contribution in [0.5, 0.6) is 5.75 Å². The minimum atomic E-state index is -0.403. The number of amides is 2. The third-order valence-corrected chi connectivity index (χ3v) is 4.20. The van der Waals surface area contributed by atoms with Crippen LogP contribution in [-0.4, -0.2) is 23.9 Å². The number of methoxy groups -OCH3 is 1. The minimum Gasteiger partial charge on any atom is -0.495 e. The number of anilines is 1. The maximum atomic E-state index is 12.6. The first-order valence-corrected chi connectivity index (χ1v) is 8.87. The highest BCUT2D eigenvalue weighted by atomic mass is 35.5. The van der Waals surface area contributed by atoms with Crippen LogP contribution in [-0.2, 0) is 6.54 Å². The molecule has 3 rings (SSSR count). The summed E-state index contributed by atoms with van der Waals surface area (Å²) in [4.78, 5) is 29.0. The monoisotopic (exact) mass is 395 g/mol. The van der Waals surface area contributed by atoms with Crippen LogP contribution in [0.3, 0.4) is 0 Å². The molecule has 1 aromatic heterocycles. The van der Waals surface area contributed by atoms with Crippen molar-refractivity contribution in [2.75, 3.05) is 12.4 Å². The van der Waals surface area contributed by atoms with E-state index >= 15 is 0 Å². The summed E-state index contributed by atoms with van der Waals surface area (Å²) in [6.45, 7) is 0.373. The van der Waals surface area contributed by atoms with Crippen molar-refractivity contribution in [1.82, 2.24) is 10.3 Å². The fourth-order valence-electron chi connectivity index (χ4n) is 2.54. The smallest absolute Gasteiger partial charge is 0.270 e. The number of ether oxygens (including phenoxy) is 1. The number of rotatable bonds is 6. The molecule has 0 bridgehead atoms. The van der Waals surface area contributed by atoms with Gasteiger partial charge in [-0.25, -0.2) is 0 Å². The van der Waals surface area contributed by atoms with Crippen molar-refractivity contribution in [3.8, 4) is 5.75 Å². The number of carbonyl (C=O) groups is 2. The maximum Gasteiger partial charge on any atom is 0.270 e. The Morgan fingerprint density at radius 1 is 1.04 bits per heavy atom. The second-order valence-electron chi connectivity index (χ2n) is 5.90. The topological polar surface area (TPSA) is 80.3 Å². The number of nitrogens with one attached hydrogen (secondary N) is 2. The van der Waals surface area contributed by atoms with Crippen LogP contribution in [0.2, 0.25) is 5.02 Å². The molecule has 0 radical (unpaired) electrons. The largest absolute Gasteiger partial charge is 0.495 e. The van der Waals surface area contributed by atoms with Crippen molar-refractivity contribution in [3.63, 3.8) is 0 Å². The molecule has 0 saturated heterocycles. The van der Waals surface area contributed by atoms with E-state index in [0.29, 0.717) is 28.6 Å². The molecule has 0 fully saturated rings. The predicted molar refractivity (Wildman–Crippen MR) is 108 cm³/mol. The van der Waals surface area contributed by atoms with E-state index in [1.807, 2.05) is 30.3 Å². The molecule has 2 N–H and O–H groups in total. The van der Waals surface area contributed by atoms with E-state index in [-0.39, 0.29) is 11.6 Å². The molecular weight excluding hydrogens is 378 g/mol. The third-order valence-electron chi connectivity index (χ3n) is 3.96. The minimum absolute atomic E-state index is 0.154. The Kier molecular flexibility index (Phi) is 6.24. The van der Waals surface area contributed by atoms with E-state index in [9.17, 15) is 9.59 Å². The van der Waals surface area contributed by atoms with Gasteiger partial charge in [0.1, 0.15) is 11.4 Å². The first kappa shape index (κ1) is 19.4. The van der Waals surface area contributed by atoms with Crippen LogP contribution in [0.25, 0.3) is 0 Å². The van der Waals surface area contributed by atoms with Gasteiger partial charge in [-0.2, -0.15) is 0 Å². The van der Waals surface area contributed by atoms with Gasteiger partial charge in [-0.05, 0) is 35.9 Å². The zero-order valence-electron chi connectivity index (χ0n) is 15.1. The zero-order valence-corrected chi connectivity index (χ0v) is 15.9. The van der Waals surface area contributed by atoms with Gasteiger partial charge in [0.25, 0.3) is 11.8 Å². The van der Waals surface area contributed by atoms with E-state index in [1.54, 1.807) is 18.2 Å². The van der Waals surface area contributed by atoms with Gasteiger partial charge >= 0.3 is 0 Å². The Balaban J connectivity index is 1.71. The standard InChI is InChI=1S/C21H18ClN3O3/c1-28-19-8-7-16(22)12-17(19)25-20(26)15-9-10-23-18(11-15)21(27)24-13-14-5-3-2-4-6-14/h2-12H,13H2,1H3,(H,24,27)(H,25,26). The van der Waals surface area contributed by atoms with E-state index in [4.69, 9.17) is 16.3 Å². The molecule has 1 heterocycles. The highest BCUT2D eigenvalue weighted by Gasteiger charge is 2.14. The molecule has 0 atom stereocenters. The van der Waals surface area contributed by atoms with Crippen LogP contribution in [0.1, 0.15) is 26.4 Å². The number of hydrogen-bond acceptors (Lipinski definition) is 4. The second-order valence-corrected chi connectivity index (χ2v) is 6.33. The number of carbonyl (C=O) groups excluding carboxylic acids is 2. The Hall–Kier alpha value is -3.38. The summed E-state index contributed by atoms with van der Waals surface area (Å²) in [6.07, 6.45) is 1.42. The predicted octanol–water partition coefficient (Wildman–Crippen LogP) is 3.93. The van der Waals surface area contributed by atoms with Gasteiger partial charge in [0.2, 0.25) is 0 Å². The van der Waals surface area contributed by atoms with Gasteiger partial charge in [0.15, 0.2) is 0 Å². The fraction of sp³-hybridized carbons (Fsp3) is 0.0952. The van der Waals surface area contributed by atoms with Gasteiger partial charge < -0.3 is 15.4 Å². The third kappa shape index (κ3) is 4.86. The fourth-order valence-corrected chi connectivity index (χ4v) is 2.71. The Labute approximate surface area is 167 Å². The summed E-state index contributed by atoms with van der Waals surface area (Å²) in [5, 5.41) is 5.99. The lowest BCUT2D eigenvalue weighted by Gasteiger charge is -2.11.